The molecule has 0 unspecified atom stereocenters. The Morgan fingerprint density at radius 1 is 1.50 bits per heavy atom. The average Bonchev–Trinajstić information content (AvgIpc) is 2.17. The molecule has 0 spiro atoms. The molecule has 0 aliphatic carbocycles. The fourth-order valence-electron chi connectivity index (χ4n) is 1.04. The Kier molecular flexibility index (Phi) is 2.31. The maximum Gasteiger partial charge on any atom is 0.277 e. The molecule has 3 nitrogen and oxygen atoms in total. The zero-order chi connectivity index (χ0) is 9.30. The van der Waals surface area contributed by atoms with Gasteiger partial charge in [-0.1, -0.05) is 19.9 Å². The summed E-state index contributed by atoms with van der Waals surface area (Å²) in [7, 11) is 1.74. The van der Waals surface area contributed by atoms with E-state index in [2.05, 4.69) is 4.99 Å². The lowest BCUT2D eigenvalue weighted by atomic mass is 10.2. The summed E-state index contributed by atoms with van der Waals surface area (Å²) >= 11 is 0. The number of carbonyl (C=O) groups excluding carboxylic acids is 1. The molecule has 1 aliphatic rings. The predicted molar refractivity (Wildman–Crippen MR) is 48.8 cm³/mol. The first-order chi connectivity index (χ1) is 5.52. The van der Waals surface area contributed by atoms with Crippen LogP contribution in [0.1, 0.15) is 20.8 Å². The van der Waals surface area contributed by atoms with Gasteiger partial charge >= 0.3 is 0 Å². The molecule has 0 atom stereocenters. The number of amidine groups is 1. The summed E-state index contributed by atoms with van der Waals surface area (Å²) in [6.07, 6.45) is 1.88. The van der Waals surface area contributed by atoms with Gasteiger partial charge in [-0.25, -0.2) is 4.99 Å². The smallest absolute Gasteiger partial charge is 0.277 e. The second kappa shape index (κ2) is 3.09. The summed E-state index contributed by atoms with van der Waals surface area (Å²) in [6, 6.07) is 0. The van der Waals surface area contributed by atoms with Crippen molar-refractivity contribution in [3.05, 3.63) is 11.8 Å². The molecule has 0 fully saturated rings. The summed E-state index contributed by atoms with van der Waals surface area (Å²) in [5.74, 6) is 1.14. The first-order valence-corrected chi connectivity index (χ1v) is 4.07. The zero-order valence-electron chi connectivity index (χ0n) is 7.96. The highest BCUT2D eigenvalue weighted by Crippen LogP contribution is 2.14. The van der Waals surface area contributed by atoms with Gasteiger partial charge in [0.2, 0.25) is 0 Å². The van der Waals surface area contributed by atoms with Crippen LogP contribution in [0.5, 0.6) is 0 Å². The molecule has 0 saturated heterocycles. The standard InChI is InChI=1S/C9H14N2O/c1-6(2)5-8-9(12)11(4)7(3)10-8/h5-6H,1-4H3/b8-5-. The normalized spacial score (nSPS) is 21.1. The quantitative estimate of drug-likeness (QED) is 0.542. The molecular weight excluding hydrogens is 152 g/mol. The number of hydrogen-bond donors (Lipinski definition) is 0. The van der Waals surface area contributed by atoms with Gasteiger partial charge in [-0.2, -0.15) is 0 Å². The first-order valence-electron chi connectivity index (χ1n) is 4.07. The summed E-state index contributed by atoms with van der Waals surface area (Å²) in [6.45, 7) is 5.89. The fourth-order valence-corrected chi connectivity index (χ4v) is 1.04. The van der Waals surface area contributed by atoms with Crippen LogP contribution < -0.4 is 0 Å². The molecule has 1 aliphatic heterocycles. The van der Waals surface area contributed by atoms with Crippen molar-refractivity contribution in [3.8, 4) is 0 Å². The van der Waals surface area contributed by atoms with Crippen LogP contribution in [-0.4, -0.2) is 23.7 Å². The third-order valence-electron chi connectivity index (χ3n) is 1.78. The zero-order valence-corrected chi connectivity index (χ0v) is 7.96. The van der Waals surface area contributed by atoms with Crippen LogP contribution in [0, 0.1) is 5.92 Å². The number of hydrogen-bond acceptors (Lipinski definition) is 2. The van der Waals surface area contributed by atoms with E-state index in [1.54, 1.807) is 11.9 Å². The molecule has 0 aromatic carbocycles. The maximum atomic E-state index is 11.4. The van der Waals surface area contributed by atoms with Crippen molar-refractivity contribution in [1.82, 2.24) is 4.90 Å². The summed E-state index contributed by atoms with van der Waals surface area (Å²) in [4.78, 5) is 17.1. The van der Waals surface area contributed by atoms with E-state index in [9.17, 15) is 4.79 Å². The maximum absolute atomic E-state index is 11.4. The third kappa shape index (κ3) is 1.55. The van der Waals surface area contributed by atoms with Gasteiger partial charge in [-0.05, 0) is 12.8 Å². The van der Waals surface area contributed by atoms with E-state index in [0.717, 1.165) is 5.84 Å². The average molecular weight is 166 g/mol. The van der Waals surface area contributed by atoms with Gasteiger partial charge in [-0.3, -0.25) is 9.69 Å². The van der Waals surface area contributed by atoms with Crippen LogP contribution in [0.4, 0.5) is 0 Å². The van der Waals surface area contributed by atoms with Crippen LogP contribution in [0.25, 0.3) is 0 Å². The molecule has 3 heteroatoms. The Labute approximate surface area is 72.8 Å². The number of amides is 1. The Morgan fingerprint density at radius 3 is 2.42 bits per heavy atom. The molecule has 0 aromatic rings. The summed E-state index contributed by atoms with van der Waals surface area (Å²) in [5.41, 5.74) is 0.574. The van der Waals surface area contributed by atoms with Crippen molar-refractivity contribution in [3.63, 3.8) is 0 Å². The molecule has 1 amide bonds. The Balaban J connectivity index is 2.91. The molecule has 0 N–H and O–H groups in total. The molecule has 0 bridgehead atoms. The van der Waals surface area contributed by atoms with Gasteiger partial charge in [0.15, 0.2) is 0 Å². The first kappa shape index (κ1) is 8.97. The number of allylic oxidation sites excluding steroid dienone is 1. The van der Waals surface area contributed by atoms with Crippen LogP contribution in [0.3, 0.4) is 0 Å². The second-order valence-corrected chi connectivity index (χ2v) is 3.32. The minimum Gasteiger partial charge on any atom is -0.298 e. The lowest BCUT2D eigenvalue weighted by Crippen LogP contribution is -2.25. The Hall–Kier alpha value is -1.12. The van der Waals surface area contributed by atoms with Gasteiger partial charge in [-0.15, -0.1) is 0 Å². The van der Waals surface area contributed by atoms with Crippen LogP contribution in [0.2, 0.25) is 0 Å². The largest absolute Gasteiger partial charge is 0.298 e. The lowest BCUT2D eigenvalue weighted by Gasteiger charge is -2.06. The van der Waals surface area contributed by atoms with Gasteiger partial charge < -0.3 is 0 Å². The highest BCUT2D eigenvalue weighted by molar-refractivity contribution is 6.11. The van der Waals surface area contributed by atoms with Crippen LogP contribution in [-0.2, 0) is 4.79 Å². The molecule has 0 radical (unpaired) electrons. The van der Waals surface area contributed by atoms with Crippen molar-refractivity contribution >= 4 is 11.7 Å². The second-order valence-electron chi connectivity index (χ2n) is 3.32. The molecule has 0 aromatic heterocycles. The van der Waals surface area contributed by atoms with Crippen molar-refractivity contribution in [2.75, 3.05) is 7.05 Å². The van der Waals surface area contributed by atoms with E-state index in [1.165, 1.54) is 0 Å². The van der Waals surface area contributed by atoms with Crippen molar-refractivity contribution in [2.45, 2.75) is 20.8 Å². The number of nitrogens with zero attached hydrogens (tertiary/aromatic N) is 2. The van der Waals surface area contributed by atoms with Crippen LogP contribution in [0.15, 0.2) is 16.8 Å². The van der Waals surface area contributed by atoms with Crippen molar-refractivity contribution < 1.29 is 4.79 Å². The SMILES string of the molecule is CC1=N/C(=C\C(C)C)C(=O)N1C. The highest BCUT2D eigenvalue weighted by atomic mass is 16.2. The number of rotatable bonds is 1. The van der Waals surface area contributed by atoms with Crippen molar-refractivity contribution in [2.24, 2.45) is 10.9 Å². The van der Waals surface area contributed by atoms with Gasteiger partial charge in [0.25, 0.3) is 5.91 Å². The minimum atomic E-state index is 0.00111. The van der Waals surface area contributed by atoms with E-state index in [1.807, 2.05) is 26.8 Å². The Bertz CT molecular complexity index is 264. The van der Waals surface area contributed by atoms with Crippen LogP contribution >= 0.6 is 0 Å². The van der Waals surface area contributed by atoms with Gasteiger partial charge in [0.1, 0.15) is 11.5 Å². The third-order valence-corrected chi connectivity index (χ3v) is 1.78. The molecule has 1 heterocycles. The minimum absolute atomic E-state index is 0.00111. The van der Waals surface area contributed by atoms with Crippen molar-refractivity contribution in [1.29, 1.82) is 0 Å². The van der Waals surface area contributed by atoms with E-state index < -0.39 is 0 Å². The monoisotopic (exact) mass is 166 g/mol. The molecular formula is C9H14N2O. The van der Waals surface area contributed by atoms with E-state index in [4.69, 9.17) is 0 Å². The lowest BCUT2D eigenvalue weighted by molar-refractivity contribution is -0.121. The van der Waals surface area contributed by atoms with Gasteiger partial charge in [0, 0.05) is 7.05 Å². The number of likely N-dealkylation sites (N-methyl/N-ethyl adjacent to an activating group) is 1. The van der Waals surface area contributed by atoms with E-state index in [-0.39, 0.29) is 5.91 Å². The molecule has 1 rings (SSSR count). The number of carbonyl (C=O) groups is 1. The summed E-state index contributed by atoms with van der Waals surface area (Å²) < 4.78 is 0. The van der Waals surface area contributed by atoms with E-state index in [0.29, 0.717) is 11.6 Å². The highest BCUT2D eigenvalue weighted by Gasteiger charge is 2.23. The predicted octanol–water partition coefficient (Wildman–Crippen LogP) is 1.42. The molecule has 66 valence electrons. The fraction of sp³-hybridized carbons (Fsp3) is 0.556. The summed E-state index contributed by atoms with van der Waals surface area (Å²) in [5, 5.41) is 0. The molecule has 12 heavy (non-hydrogen) atoms. The molecule has 0 saturated carbocycles. The van der Waals surface area contributed by atoms with E-state index >= 15 is 0 Å². The van der Waals surface area contributed by atoms with Gasteiger partial charge in [0.05, 0.1) is 0 Å². The number of aliphatic imine (C=N–C) groups is 1. The topological polar surface area (TPSA) is 32.7 Å². The Morgan fingerprint density at radius 2 is 2.08 bits per heavy atom.